The fraction of sp³-hybridized carbons (Fsp3) is 0.345. The summed E-state index contributed by atoms with van der Waals surface area (Å²) in [6.07, 6.45) is 1.88. The molecule has 1 aliphatic rings. The molecule has 2 heterocycles. The van der Waals surface area contributed by atoms with Gasteiger partial charge in [0.05, 0.1) is 11.2 Å². The summed E-state index contributed by atoms with van der Waals surface area (Å²) in [6.45, 7) is 3.72. The molecule has 1 saturated heterocycles. The molecule has 40 heavy (non-hydrogen) atoms. The fourth-order valence-corrected chi connectivity index (χ4v) is 4.12. The third kappa shape index (κ3) is 6.92. The molecule has 1 fully saturated rings. The Hall–Kier alpha value is -4.51. The zero-order chi connectivity index (χ0) is 28.6. The summed E-state index contributed by atoms with van der Waals surface area (Å²) < 4.78 is 14.8. The normalized spacial score (nSPS) is 15.2. The molecule has 210 valence electrons. The topological polar surface area (TPSA) is 131 Å². The Kier molecular flexibility index (Phi) is 9.28. The van der Waals surface area contributed by atoms with Crippen LogP contribution in [-0.4, -0.2) is 95.9 Å². The van der Waals surface area contributed by atoms with E-state index in [1.807, 2.05) is 48.6 Å². The first-order valence-corrected chi connectivity index (χ1v) is 12.9. The molecular weight excluding hydrogens is 516 g/mol. The van der Waals surface area contributed by atoms with Gasteiger partial charge in [-0.15, -0.1) is 0 Å². The monoisotopic (exact) mass is 548 g/mol. The molecule has 11 nitrogen and oxygen atoms in total. The van der Waals surface area contributed by atoms with E-state index in [4.69, 9.17) is 14.2 Å². The average Bonchev–Trinajstić information content (AvgIpc) is 3.41. The second-order valence-corrected chi connectivity index (χ2v) is 9.35. The Morgan fingerprint density at radius 3 is 2.27 bits per heavy atom. The van der Waals surface area contributed by atoms with Crippen LogP contribution in [0.3, 0.4) is 0 Å². The number of hydrogen-bond acceptors (Lipinski definition) is 8. The lowest BCUT2D eigenvalue weighted by Crippen LogP contribution is -2.51. The average molecular weight is 549 g/mol. The van der Waals surface area contributed by atoms with Crippen molar-refractivity contribution >= 4 is 46.8 Å². The third-order valence-corrected chi connectivity index (χ3v) is 6.66. The van der Waals surface area contributed by atoms with E-state index in [1.54, 1.807) is 17.0 Å². The minimum absolute atomic E-state index is 0.117. The van der Waals surface area contributed by atoms with Crippen molar-refractivity contribution in [3.63, 3.8) is 0 Å². The van der Waals surface area contributed by atoms with Crippen LogP contribution in [0, 0.1) is 0 Å². The molecular formula is C29H32N4O7. The number of benzene rings is 2. The van der Waals surface area contributed by atoms with E-state index in [-0.39, 0.29) is 11.8 Å². The number of aromatic nitrogens is 2. The highest BCUT2D eigenvalue weighted by Gasteiger charge is 2.27. The van der Waals surface area contributed by atoms with E-state index in [0.717, 1.165) is 22.2 Å². The number of carbonyl (C=O) groups excluding carboxylic acids is 4. The molecule has 0 radical (unpaired) electrons. The fourth-order valence-electron chi connectivity index (χ4n) is 4.12. The number of nitrogens with zero attached hydrogens (tertiary/aromatic N) is 3. The number of methoxy groups -OCH3 is 1. The highest BCUT2D eigenvalue weighted by atomic mass is 16.6. The van der Waals surface area contributed by atoms with Crippen molar-refractivity contribution in [2.45, 2.75) is 26.1 Å². The van der Waals surface area contributed by atoms with Gasteiger partial charge in [-0.05, 0) is 43.7 Å². The number of para-hydroxylation sites is 1. The summed E-state index contributed by atoms with van der Waals surface area (Å²) in [5, 5.41) is 8.38. The maximum atomic E-state index is 13.0. The van der Waals surface area contributed by atoms with Crippen LogP contribution in [0.5, 0.6) is 0 Å². The minimum atomic E-state index is -1.17. The van der Waals surface area contributed by atoms with Crippen molar-refractivity contribution < 1.29 is 33.4 Å². The molecule has 0 spiro atoms. The van der Waals surface area contributed by atoms with Crippen molar-refractivity contribution in [3.05, 3.63) is 65.4 Å². The number of amides is 2. The van der Waals surface area contributed by atoms with Crippen molar-refractivity contribution in [2.75, 3.05) is 39.9 Å². The molecule has 4 rings (SSSR count). The molecule has 3 aromatic rings. The van der Waals surface area contributed by atoms with Gasteiger partial charge in [0.2, 0.25) is 0 Å². The largest absolute Gasteiger partial charge is 0.453 e. The van der Waals surface area contributed by atoms with Crippen molar-refractivity contribution in [2.24, 2.45) is 0 Å². The lowest BCUT2D eigenvalue weighted by atomic mass is 10.1. The summed E-state index contributed by atoms with van der Waals surface area (Å²) in [7, 11) is 1.35. The predicted molar refractivity (Wildman–Crippen MR) is 147 cm³/mol. The maximum absolute atomic E-state index is 13.0. The SMILES string of the molecule is COC(C)C(=O)OC(C)C(=O)OCC(=O)N1CCN(C(=O)c2ccc(/C=C/c3n[nH]c4ccccc34)cc2)CC1. The Balaban J connectivity index is 1.23. The number of fused-ring (bicyclic) bond motifs is 1. The number of H-pyrrole nitrogens is 1. The van der Waals surface area contributed by atoms with Crippen LogP contribution in [0.15, 0.2) is 48.5 Å². The van der Waals surface area contributed by atoms with Crippen LogP contribution < -0.4 is 0 Å². The van der Waals surface area contributed by atoms with E-state index in [0.29, 0.717) is 31.7 Å². The van der Waals surface area contributed by atoms with Gasteiger partial charge in [0.1, 0.15) is 0 Å². The number of ether oxygens (including phenoxy) is 3. The first-order chi connectivity index (χ1) is 19.3. The zero-order valence-electron chi connectivity index (χ0n) is 22.7. The Bertz CT molecular complexity index is 1390. The minimum Gasteiger partial charge on any atom is -0.453 e. The number of hydrogen-bond donors (Lipinski definition) is 1. The molecule has 0 bridgehead atoms. The van der Waals surface area contributed by atoms with Gasteiger partial charge in [0, 0.05) is 44.2 Å². The summed E-state index contributed by atoms with van der Waals surface area (Å²) in [5.41, 5.74) is 3.30. The Labute approximate surface area is 231 Å². The highest BCUT2D eigenvalue weighted by Crippen LogP contribution is 2.18. The van der Waals surface area contributed by atoms with Crippen LogP contribution in [-0.2, 0) is 28.6 Å². The predicted octanol–water partition coefficient (Wildman–Crippen LogP) is 2.53. The molecule has 1 N–H and O–H groups in total. The van der Waals surface area contributed by atoms with Gasteiger partial charge < -0.3 is 24.0 Å². The van der Waals surface area contributed by atoms with Crippen molar-refractivity contribution in [3.8, 4) is 0 Å². The Morgan fingerprint density at radius 2 is 1.57 bits per heavy atom. The molecule has 2 aromatic carbocycles. The summed E-state index contributed by atoms with van der Waals surface area (Å²) in [5.74, 6) is -2.03. The van der Waals surface area contributed by atoms with Crippen LogP contribution in [0.1, 0.15) is 35.5 Å². The van der Waals surface area contributed by atoms with E-state index < -0.39 is 30.8 Å². The highest BCUT2D eigenvalue weighted by molar-refractivity contribution is 5.95. The van der Waals surface area contributed by atoms with E-state index >= 15 is 0 Å². The zero-order valence-corrected chi connectivity index (χ0v) is 22.7. The molecule has 1 aromatic heterocycles. The molecule has 0 saturated carbocycles. The smallest absolute Gasteiger partial charge is 0.347 e. The molecule has 0 aliphatic carbocycles. The van der Waals surface area contributed by atoms with Gasteiger partial charge in [-0.2, -0.15) is 5.10 Å². The number of carbonyl (C=O) groups is 4. The molecule has 11 heteroatoms. The number of nitrogens with one attached hydrogen (secondary N) is 1. The quantitative estimate of drug-likeness (QED) is 0.404. The number of aromatic amines is 1. The first kappa shape index (κ1) is 28.5. The van der Waals surface area contributed by atoms with Gasteiger partial charge in [-0.1, -0.05) is 36.4 Å². The standard InChI is InChI=1S/C29H32N4O7/c1-19(38-3)29(37)40-20(2)28(36)39-18-26(34)32-14-16-33(17-15-32)27(35)22-11-8-21(9-12-22)10-13-25-23-6-4-5-7-24(23)30-31-25/h4-13,19-20H,14-18H2,1-3H3,(H,30,31)/b13-10+. The summed E-state index contributed by atoms with van der Waals surface area (Å²) >= 11 is 0. The Morgan fingerprint density at radius 1 is 0.900 bits per heavy atom. The van der Waals surface area contributed by atoms with Gasteiger partial charge in [-0.3, -0.25) is 14.7 Å². The van der Waals surface area contributed by atoms with Crippen LogP contribution in [0.4, 0.5) is 0 Å². The van der Waals surface area contributed by atoms with Crippen LogP contribution in [0.2, 0.25) is 0 Å². The number of esters is 2. The van der Waals surface area contributed by atoms with Gasteiger partial charge in [0.15, 0.2) is 18.8 Å². The maximum Gasteiger partial charge on any atom is 0.347 e. The van der Waals surface area contributed by atoms with Gasteiger partial charge in [-0.25, -0.2) is 9.59 Å². The second-order valence-electron chi connectivity index (χ2n) is 9.35. The lowest BCUT2D eigenvalue weighted by Gasteiger charge is -2.34. The van der Waals surface area contributed by atoms with Crippen LogP contribution in [0.25, 0.3) is 23.1 Å². The van der Waals surface area contributed by atoms with E-state index in [1.165, 1.54) is 25.9 Å². The van der Waals surface area contributed by atoms with Crippen molar-refractivity contribution in [1.82, 2.24) is 20.0 Å². The number of piperazine rings is 1. The first-order valence-electron chi connectivity index (χ1n) is 12.9. The molecule has 1 aliphatic heterocycles. The molecule has 2 amide bonds. The molecule has 2 atom stereocenters. The lowest BCUT2D eigenvalue weighted by molar-refractivity contribution is -0.173. The van der Waals surface area contributed by atoms with Gasteiger partial charge in [0.25, 0.3) is 11.8 Å². The van der Waals surface area contributed by atoms with E-state index in [2.05, 4.69) is 10.2 Å². The van der Waals surface area contributed by atoms with Gasteiger partial charge >= 0.3 is 11.9 Å². The second kappa shape index (κ2) is 13.0. The number of rotatable bonds is 9. The third-order valence-electron chi connectivity index (χ3n) is 6.66. The van der Waals surface area contributed by atoms with Crippen LogP contribution >= 0.6 is 0 Å². The summed E-state index contributed by atoms with van der Waals surface area (Å²) in [6, 6.07) is 15.2. The molecule has 2 unspecified atom stereocenters. The van der Waals surface area contributed by atoms with Crippen molar-refractivity contribution in [1.29, 1.82) is 0 Å². The van der Waals surface area contributed by atoms with E-state index in [9.17, 15) is 19.2 Å². The summed E-state index contributed by atoms with van der Waals surface area (Å²) in [4.78, 5) is 52.5.